The van der Waals surface area contributed by atoms with Crippen molar-refractivity contribution in [1.82, 2.24) is 9.88 Å². The molecule has 20 heavy (non-hydrogen) atoms. The summed E-state index contributed by atoms with van der Waals surface area (Å²) < 4.78 is 33.6. The molecule has 1 fully saturated rings. The van der Waals surface area contributed by atoms with E-state index in [0.717, 1.165) is 25.9 Å². The Bertz CT molecular complexity index is 493. The van der Waals surface area contributed by atoms with Crippen molar-refractivity contribution in [1.29, 1.82) is 0 Å². The summed E-state index contributed by atoms with van der Waals surface area (Å²) in [6.07, 6.45) is -1.08. The first-order valence-corrected chi connectivity index (χ1v) is 6.00. The highest BCUT2D eigenvalue weighted by molar-refractivity contribution is 5.73. The quantitative estimate of drug-likeness (QED) is 0.821. The molecule has 1 saturated heterocycles. The van der Waals surface area contributed by atoms with Gasteiger partial charge in [0.15, 0.2) is 0 Å². The molecule has 0 amide bonds. The molecule has 2 N–H and O–H groups in total. The zero-order chi connectivity index (χ0) is 15.2. The number of hydrogen-bond acceptors (Lipinski definition) is 3. The van der Waals surface area contributed by atoms with Gasteiger partial charge >= 0.3 is 12.1 Å². The van der Waals surface area contributed by atoms with Crippen LogP contribution in [0.2, 0.25) is 0 Å². The molecule has 1 aromatic heterocycles. The van der Waals surface area contributed by atoms with Gasteiger partial charge in [-0.25, -0.2) is 4.79 Å². The average Bonchev–Trinajstić information content (AvgIpc) is 2.40. The number of piperidine rings is 1. The van der Waals surface area contributed by atoms with Crippen molar-refractivity contribution < 1.29 is 23.1 Å². The summed E-state index contributed by atoms with van der Waals surface area (Å²) in [7, 11) is 0. The molecule has 1 aliphatic heterocycles. The number of pyridine rings is 1. The molecule has 5 nitrogen and oxygen atoms in total. The van der Waals surface area contributed by atoms with Crippen LogP contribution in [0, 0.1) is 0 Å². The van der Waals surface area contributed by atoms with Gasteiger partial charge < -0.3 is 15.0 Å². The molecule has 112 valence electrons. The number of nitrogens with one attached hydrogen (secondary N) is 1. The minimum Gasteiger partial charge on any atom is -0.475 e. The van der Waals surface area contributed by atoms with Crippen molar-refractivity contribution in [2.45, 2.75) is 25.1 Å². The van der Waals surface area contributed by atoms with Crippen molar-refractivity contribution in [2.24, 2.45) is 0 Å². The van der Waals surface area contributed by atoms with Crippen LogP contribution in [-0.2, 0) is 4.79 Å². The number of halogens is 3. The van der Waals surface area contributed by atoms with Gasteiger partial charge in [-0.3, -0.25) is 4.79 Å². The monoisotopic (exact) mass is 292 g/mol. The van der Waals surface area contributed by atoms with Crippen molar-refractivity contribution in [3.05, 3.63) is 34.7 Å². The largest absolute Gasteiger partial charge is 0.490 e. The van der Waals surface area contributed by atoms with Gasteiger partial charge in [0.1, 0.15) is 0 Å². The molecule has 0 aromatic carbocycles. The second-order valence-corrected chi connectivity index (χ2v) is 4.23. The van der Waals surface area contributed by atoms with Crippen LogP contribution in [-0.4, -0.2) is 34.9 Å². The predicted molar refractivity (Wildman–Crippen MR) is 65.5 cm³/mol. The maximum atomic E-state index is 11.5. The summed E-state index contributed by atoms with van der Waals surface area (Å²) in [5.74, 6) is -2.76. The molecule has 1 aromatic rings. The second-order valence-electron chi connectivity index (χ2n) is 4.23. The highest BCUT2D eigenvalue weighted by atomic mass is 19.4. The SMILES string of the molecule is O=C(O)C(F)(F)F.O=c1ccccn1C1CCNCC1. The molecule has 0 aliphatic carbocycles. The number of aromatic nitrogens is 1. The average molecular weight is 292 g/mol. The molecule has 0 unspecified atom stereocenters. The third-order valence-corrected chi connectivity index (χ3v) is 2.80. The Hall–Kier alpha value is -1.83. The molecule has 2 heterocycles. The Morgan fingerprint density at radius 3 is 2.30 bits per heavy atom. The molecule has 0 radical (unpaired) electrons. The first-order valence-electron chi connectivity index (χ1n) is 6.00. The standard InChI is InChI=1S/C10H14N2O.C2HF3O2/c13-10-3-1-2-8-12(10)9-4-6-11-7-5-9;3-2(4,5)1(6)7/h1-3,8-9,11H,4-7H2;(H,6,7). The fourth-order valence-corrected chi connectivity index (χ4v) is 1.83. The van der Waals surface area contributed by atoms with Crippen LogP contribution in [0.3, 0.4) is 0 Å². The van der Waals surface area contributed by atoms with Crippen LogP contribution in [0.15, 0.2) is 29.2 Å². The van der Waals surface area contributed by atoms with E-state index >= 15 is 0 Å². The van der Waals surface area contributed by atoms with E-state index in [9.17, 15) is 18.0 Å². The summed E-state index contributed by atoms with van der Waals surface area (Å²) in [6, 6.07) is 5.74. The number of rotatable bonds is 1. The molecular formula is C12H15F3N2O3. The van der Waals surface area contributed by atoms with Crippen molar-refractivity contribution >= 4 is 5.97 Å². The normalized spacial score (nSPS) is 16.1. The number of aliphatic carboxylic acids is 1. The van der Waals surface area contributed by atoms with Crippen LogP contribution < -0.4 is 10.9 Å². The minimum absolute atomic E-state index is 0.120. The summed E-state index contributed by atoms with van der Waals surface area (Å²) in [6.45, 7) is 2.04. The molecule has 8 heteroatoms. The Morgan fingerprint density at radius 2 is 1.85 bits per heavy atom. The first-order chi connectivity index (χ1) is 9.32. The van der Waals surface area contributed by atoms with E-state index < -0.39 is 12.1 Å². The Morgan fingerprint density at radius 1 is 1.30 bits per heavy atom. The lowest BCUT2D eigenvalue weighted by molar-refractivity contribution is -0.192. The third kappa shape index (κ3) is 5.04. The molecular weight excluding hydrogens is 277 g/mol. The van der Waals surface area contributed by atoms with Gasteiger partial charge in [-0.2, -0.15) is 13.2 Å². The summed E-state index contributed by atoms with van der Waals surface area (Å²) in [4.78, 5) is 20.4. The highest BCUT2D eigenvalue weighted by Crippen LogP contribution is 2.15. The number of carboxylic acids is 1. The predicted octanol–water partition coefficient (Wildman–Crippen LogP) is 1.41. The van der Waals surface area contributed by atoms with Crippen LogP contribution in [0.25, 0.3) is 0 Å². The van der Waals surface area contributed by atoms with Gasteiger partial charge in [0.05, 0.1) is 0 Å². The van der Waals surface area contributed by atoms with Gasteiger partial charge in [0.2, 0.25) is 0 Å². The van der Waals surface area contributed by atoms with Crippen molar-refractivity contribution in [3.8, 4) is 0 Å². The zero-order valence-corrected chi connectivity index (χ0v) is 10.6. The summed E-state index contributed by atoms with van der Waals surface area (Å²) in [5, 5.41) is 10.4. The van der Waals surface area contributed by atoms with Gasteiger partial charge in [-0.15, -0.1) is 0 Å². The maximum absolute atomic E-state index is 11.5. The van der Waals surface area contributed by atoms with Gasteiger partial charge in [-0.1, -0.05) is 6.07 Å². The molecule has 0 bridgehead atoms. The third-order valence-electron chi connectivity index (χ3n) is 2.80. The van der Waals surface area contributed by atoms with Crippen LogP contribution >= 0.6 is 0 Å². The zero-order valence-electron chi connectivity index (χ0n) is 10.6. The second kappa shape index (κ2) is 7.09. The fourth-order valence-electron chi connectivity index (χ4n) is 1.83. The number of alkyl halides is 3. The van der Waals surface area contributed by atoms with Gasteiger partial charge in [-0.05, 0) is 32.0 Å². The lowest BCUT2D eigenvalue weighted by atomic mass is 10.1. The fraction of sp³-hybridized carbons (Fsp3) is 0.500. The number of nitrogens with zero attached hydrogens (tertiary/aromatic N) is 1. The maximum Gasteiger partial charge on any atom is 0.490 e. The molecule has 0 atom stereocenters. The highest BCUT2D eigenvalue weighted by Gasteiger charge is 2.38. The summed E-state index contributed by atoms with van der Waals surface area (Å²) in [5.41, 5.74) is 0.120. The number of carbonyl (C=O) groups is 1. The van der Waals surface area contributed by atoms with Gasteiger partial charge in [0.25, 0.3) is 5.56 Å². The van der Waals surface area contributed by atoms with E-state index in [4.69, 9.17) is 9.90 Å². The van der Waals surface area contributed by atoms with E-state index in [2.05, 4.69) is 5.32 Å². The Balaban J connectivity index is 0.000000246. The van der Waals surface area contributed by atoms with E-state index in [-0.39, 0.29) is 5.56 Å². The van der Waals surface area contributed by atoms with E-state index in [1.54, 1.807) is 12.1 Å². The lowest BCUT2D eigenvalue weighted by Crippen LogP contribution is -2.33. The topological polar surface area (TPSA) is 71.3 Å². The Kier molecular flexibility index (Phi) is 5.75. The van der Waals surface area contributed by atoms with Crippen molar-refractivity contribution in [3.63, 3.8) is 0 Å². The minimum atomic E-state index is -5.08. The molecule has 1 aliphatic rings. The van der Waals surface area contributed by atoms with Gasteiger partial charge in [0, 0.05) is 18.3 Å². The number of carboxylic acid groups (broad SMARTS) is 1. The Labute approximate surface area is 113 Å². The van der Waals surface area contributed by atoms with Crippen molar-refractivity contribution in [2.75, 3.05) is 13.1 Å². The summed E-state index contributed by atoms with van der Waals surface area (Å²) >= 11 is 0. The first kappa shape index (κ1) is 16.2. The molecule has 0 spiro atoms. The van der Waals surface area contributed by atoms with E-state index in [1.165, 1.54) is 0 Å². The molecule has 2 rings (SSSR count). The molecule has 0 saturated carbocycles. The number of hydrogen-bond donors (Lipinski definition) is 2. The van der Waals surface area contributed by atoms with Crippen LogP contribution in [0.4, 0.5) is 13.2 Å². The smallest absolute Gasteiger partial charge is 0.475 e. The van der Waals surface area contributed by atoms with E-state index in [1.807, 2.05) is 16.8 Å². The van der Waals surface area contributed by atoms with Crippen LogP contribution in [0.1, 0.15) is 18.9 Å². The van der Waals surface area contributed by atoms with Crippen LogP contribution in [0.5, 0.6) is 0 Å². The van der Waals surface area contributed by atoms with E-state index in [0.29, 0.717) is 6.04 Å². The lowest BCUT2D eigenvalue weighted by Gasteiger charge is -2.24.